The van der Waals surface area contributed by atoms with Crippen LogP contribution in [0, 0.1) is 0 Å². The Bertz CT molecular complexity index is 1180. The number of para-hydroxylation sites is 1. The topological polar surface area (TPSA) is 123 Å². The van der Waals surface area contributed by atoms with Crippen LogP contribution in [0.2, 0.25) is 0 Å². The lowest BCUT2D eigenvalue weighted by Gasteiger charge is -2.11. The summed E-state index contributed by atoms with van der Waals surface area (Å²) in [6.45, 7) is 2.05. The first-order chi connectivity index (χ1) is 15.9. The van der Waals surface area contributed by atoms with Crippen LogP contribution in [0.3, 0.4) is 0 Å². The van der Waals surface area contributed by atoms with Gasteiger partial charge in [-0.2, -0.15) is 0 Å². The molecule has 0 saturated carbocycles. The minimum atomic E-state index is -3.81. The van der Waals surface area contributed by atoms with Gasteiger partial charge in [0, 0.05) is 11.3 Å². The number of carbonyl (C=O) groups excluding carboxylic acids is 2. The van der Waals surface area contributed by atoms with Crippen LogP contribution in [0.5, 0.6) is 11.5 Å². The van der Waals surface area contributed by atoms with Crippen LogP contribution in [0.4, 0.5) is 5.69 Å². The predicted octanol–water partition coefficient (Wildman–Crippen LogP) is 2.73. The lowest BCUT2D eigenvalue weighted by atomic mass is 10.2. The molecule has 33 heavy (non-hydrogen) atoms. The fourth-order valence-corrected chi connectivity index (χ4v) is 3.74. The molecule has 172 valence electrons. The maximum absolute atomic E-state index is 12.5. The average Bonchev–Trinajstić information content (AvgIpc) is 2.82. The number of benzene rings is 3. The minimum absolute atomic E-state index is 0.0770. The van der Waals surface area contributed by atoms with E-state index in [1.165, 1.54) is 36.4 Å². The van der Waals surface area contributed by atoms with Gasteiger partial charge in [0.1, 0.15) is 11.5 Å². The first-order valence-corrected chi connectivity index (χ1v) is 11.5. The van der Waals surface area contributed by atoms with E-state index in [2.05, 4.69) is 15.6 Å². The van der Waals surface area contributed by atoms with Gasteiger partial charge in [0.2, 0.25) is 0 Å². The third-order valence-electron chi connectivity index (χ3n) is 4.27. The van der Waals surface area contributed by atoms with Crippen LogP contribution < -0.4 is 25.0 Å². The second-order valence-electron chi connectivity index (χ2n) is 6.69. The van der Waals surface area contributed by atoms with E-state index in [-0.39, 0.29) is 22.8 Å². The Morgan fingerprint density at radius 1 is 0.788 bits per heavy atom. The predicted molar refractivity (Wildman–Crippen MR) is 122 cm³/mol. The van der Waals surface area contributed by atoms with Crippen molar-refractivity contribution in [1.29, 1.82) is 0 Å². The molecule has 9 nitrogen and oxygen atoms in total. The number of hydrazine groups is 1. The number of carbonyl (C=O) groups is 2. The van der Waals surface area contributed by atoms with Crippen LogP contribution in [0.15, 0.2) is 83.8 Å². The Morgan fingerprint density at radius 2 is 1.42 bits per heavy atom. The molecule has 0 fully saturated rings. The average molecular weight is 470 g/mol. The number of hydrogen-bond acceptors (Lipinski definition) is 6. The fraction of sp³-hybridized carbons (Fsp3) is 0.130. The van der Waals surface area contributed by atoms with E-state index >= 15 is 0 Å². The van der Waals surface area contributed by atoms with E-state index in [4.69, 9.17) is 9.47 Å². The third-order valence-corrected chi connectivity index (χ3v) is 5.67. The molecule has 0 radical (unpaired) electrons. The Balaban J connectivity index is 1.51. The highest BCUT2D eigenvalue weighted by atomic mass is 32.2. The van der Waals surface area contributed by atoms with Crippen molar-refractivity contribution in [2.45, 2.75) is 11.8 Å². The van der Waals surface area contributed by atoms with Crippen LogP contribution in [0.25, 0.3) is 0 Å². The lowest BCUT2D eigenvalue weighted by molar-refractivity contribution is -0.123. The standard InChI is InChI=1S/C23H23N3O6S/c1-2-31-20-12-14-21(15-13-20)33(29,30)26-18-10-8-17(9-11-18)23(28)25-24-22(27)16-32-19-6-4-3-5-7-19/h3-15,26H,2,16H2,1H3,(H,24,27)(H,25,28). The molecule has 0 aliphatic carbocycles. The van der Waals surface area contributed by atoms with Gasteiger partial charge >= 0.3 is 0 Å². The van der Waals surface area contributed by atoms with Gasteiger partial charge in [-0.15, -0.1) is 0 Å². The molecule has 10 heteroatoms. The Labute approximate surface area is 191 Å². The maximum Gasteiger partial charge on any atom is 0.276 e. The van der Waals surface area contributed by atoms with E-state index < -0.39 is 21.8 Å². The molecule has 0 aliphatic heterocycles. The number of sulfonamides is 1. The molecule has 0 aromatic heterocycles. The zero-order valence-corrected chi connectivity index (χ0v) is 18.6. The number of amides is 2. The van der Waals surface area contributed by atoms with E-state index in [0.717, 1.165) is 0 Å². The second kappa shape index (κ2) is 11.0. The number of hydrogen-bond donors (Lipinski definition) is 3. The van der Waals surface area contributed by atoms with Crippen molar-refractivity contribution in [1.82, 2.24) is 10.9 Å². The summed E-state index contributed by atoms with van der Waals surface area (Å²) in [5.41, 5.74) is 5.03. The minimum Gasteiger partial charge on any atom is -0.494 e. The molecular weight excluding hydrogens is 446 g/mol. The van der Waals surface area contributed by atoms with Crippen molar-refractivity contribution < 1.29 is 27.5 Å². The lowest BCUT2D eigenvalue weighted by Crippen LogP contribution is -2.43. The van der Waals surface area contributed by atoms with E-state index in [9.17, 15) is 18.0 Å². The first-order valence-electron chi connectivity index (χ1n) is 10.00. The van der Waals surface area contributed by atoms with E-state index in [1.807, 2.05) is 13.0 Å². The molecule has 0 atom stereocenters. The van der Waals surface area contributed by atoms with E-state index in [1.54, 1.807) is 36.4 Å². The van der Waals surface area contributed by atoms with Gasteiger partial charge in [-0.3, -0.25) is 25.2 Å². The Morgan fingerprint density at radius 3 is 2.06 bits per heavy atom. The molecule has 0 heterocycles. The largest absolute Gasteiger partial charge is 0.494 e. The summed E-state index contributed by atoms with van der Waals surface area (Å²) < 4.78 is 38.1. The molecule has 0 saturated heterocycles. The Hall–Kier alpha value is -4.05. The summed E-state index contributed by atoms with van der Waals surface area (Å²) in [5.74, 6) is 0.00343. The molecule has 3 rings (SSSR count). The highest BCUT2D eigenvalue weighted by molar-refractivity contribution is 7.92. The van der Waals surface area contributed by atoms with Gasteiger partial charge < -0.3 is 9.47 Å². The van der Waals surface area contributed by atoms with Gasteiger partial charge in [0.05, 0.1) is 11.5 Å². The summed E-state index contributed by atoms with van der Waals surface area (Å²) in [6, 6.07) is 20.6. The summed E-state index contributed by atoms with van der Waals surface area (Å²) >= 11 is 0. The number of rotatable bonds is 9. The van der Waals surface area contributed by atoms with Crippen molar-refractivity contribution in [3.05, 3.63) is 84.4 Å². The smallest absolute Gasteiger partial charge is 0.276 e. The van der Waals surface area contributed by atoms with Gasteiger partial charge in [-0.05, 0) is 67.6 Å². The zero-order chi connectivity index (χ0) is 23.7. The van der Waals surface area contributed by atoms with Crippen LogP contribution in [-0.2, 0) is 14.8 Å². The van der Waals surface area contributed by atoms with Crippen molar-refractivity contribution in [3.63, 3.8) is 0 Å². The van der Waals surface area contributed by atoms with Crippen LogP contribution in [0.1, 0.15) is 17.3 Å². The van der Waals surface area contributed by atoms with Crippen molar-refractivity contribution in [2.24, 2.45) is 0 Å². The molecule has 0 spiro atoms. The number of ether oxygens (including phenoxy) is 2. The molecule has 3 N–H and O–H groups in total. The van der Waals surface area contributed by atoms with Gasteiger partial charge in [0.15, 0.2) is 6.61 Å². The SMILES string of the molecule is CCOc1ccc(S(=O)(=O)Nc2ccc(C(=O)NNC(=O)COc3ccccc3)cc2)cc1. The molecule has 0 bridgehead atoms. The van der Waals surface area contributed by atoms with Gasteiger partial charge in [-0.1, -0.05) is 18.2 Å². The highest BCUT2D eigenvalue weighted by Crippen LogP contribution is 2.19. The summed E-state index contributed by atoms with van der Waals surface area (Å²) in [7, 11) is -3.81. The van der Waals surface area contributed by atoms with Crippen molar-refractivity contribution in [2.75, 3.05) is 17.9 Å². The molecule has 3 aromatic rings. The third kappa shape index (κ3) is 6.97. The molecule has 2 amide bonds. The summed E-state index contributed by atoms with van der Waals surface area (Å²) in [6.07, 6.45) is 0. The maximum atomic E-state index is 12.5. The molecule has 0 aliphatic rings. The summed E-state index contributed by atoms with van der Waals surface area (Å²) in [4.78, 5) is 24.1. The van der Waals surface area contributed by atoms with Gasteiger partial charge in [-0.25, -0.2) is 8.42 Å². The fourth-order valence-electron chi connectivity index (χ4n) is 2.69. The number of nitrogens with one attached hydrogen (secondary N) is 3. The van der Waals surface area contributed by atoms with E-state index in [0.29, 0.717) is 18.1 Å². The van der Waals surface area contributed by atoms with Crippen molar-refractivity contribution in [3.8, 4) is 11.5 Å². The van der Waals surface area contributed by atoms with Crippen molar-refractivity contribution >= 4 is 27.5 Å². The normalized spacial score (nSPS) is 10.7. The molecule has 0 unspecified atom stereocenters. The van der Waals surface area contributed by atoms with Gasteiger partial charge in [0.25, 0.3) is 21.8 Å². The highest BCUT2D eigenvalue weighted by Gasteiger charge is 2.15. The quantitative estimate of drug-likeness (QED) is 0.414. The molecule has 3 aromatic carbocycles. The zero-order valence-electron chi connectivity index (χ0n) is 17.8. The van der Waals surface area contributed by atoms with Crippen LogP contribution >= 0.6 is 0 Å². The molecular formula is C23H23N3O6S. The first kappa shape index (κ1) is 23.6. The summed E-state index contributed by atoms with van der Waals surface area (Å²) in [5, 5.41) is 0. The second-order valence-corrected chi connectivity index (χ2v) is 8.37. The van der Waals surface area contributed by atoms with Crippen LogP contribution in [-0.4, -0.2) is 33.4 Å². The monoisotopic (exact) mass is 469 g/mol. The Kier molecular flexibility index (Phi) is 7.87. The number of anilines is 1.